The van der Waals surface area contributed by atoms with E-state index in [4.69, 9.17) is 0 Å². The highest BCUT2D eigenvalue weighted by Gasteiger charge is 2.26. The molecule has 1 fully saturated rings. The fraction of sp³-hybridized carbons (Fsp3) is 0.316. The summed E-state index contributed by atoms with van der Waals surface area (Å²) in [5.74, 6) is -0.240. The molecule has 1 atom stereocenters. The maximum atomic E-state index is 14.3. The van der Waals surface area contributed by atoms with E-state index in [1.807, 2.05) is 12.1 Å². The van der Waals surface area contributed by atoms with Crippen molar-refractivity contribution in [1.29, 1.82) is 0 Å². The molecule has 1 aliphatic heterocycles. The molecule has 1 aliphatic rings. The van der Waals surface area contributed by atoms with E-state index in [-0.39, 0.29) is 24.2 Å². The average molecular weight is 396 g/mol. The second-order valence-electron chi connectivity index (χ2n) is 6.83. The van der Waals surface area contributed by atoms with Crippen LogP contribution < -0.4 is 10.6 Å². The van der Waals surface area contributed by atoms with E-state index in [0.29, 0.717) is 18.1 Å². The van der Waals surface area contributed by atoms with E-state index in [2.05, 4.69) is 36.0 Å². The number of nitrogens with zero attached hydrogens (tertiary/aromatic N) is 6. The number of aromatic nitrogens is 5. The molecule has 3 aromatic rings. The van der Waals surface area contributed by atoms with Crippen LogP contribution in [0.5, 0.6) is 0 Å². The van der Waals surface area contributed by atoms with Gasteiger partial charge in [-0.2, -0.15) is 4.68 Å². The van der Waals surface area contributed by atoms with Crippen molar-refractivity contribution in [2.45, 2.75) is 13.0 Å². The summed E-state index contributed by atoms with van der Waals surface area (Å²) in [5, 5.41) is 17.3. The summed E-state index contributed by atoms with van der Waals surface area (Å²) in [7, 11) is 0. The van der Waals surface area contributed by atoms with Gasteiger partial charge in [-0.1, -0.05) is 6.07 Å². The molecule has 9 nitrogen and oxygen atoms in total. The lowest BCUT2D eigenvalue weighted by atomic mass is 10.1. The molecule has 150 valence electrons. The van der Waals surface area contributed by atoms with Gasteiger partial charge in [-0.3, -0.25) is 14.7 Å². The minimum atomic E-state index is -0.517. The van der Waals surface area contributed by atoms with Crippen LogP contribution in [0.3, 0.4) is 0 Å². The number of tetrazole rings is 1. The van der Waals surface area contributed by atoms with Crippen molar-refractivity contribution in [2.24, 2.45) is 0 Å². The molecule has 1 unspecified atom stereocenters. The molecule has 2 N–H and O–H groups in total. The average Bonchev–Trinajstić information content (AvgIpc) is 3.16. The van der Waals surface area contributed by atoms with Crippen molar-refractivity contribution in [3.8, 4) is 5.69 Å². The number of aryl methyl sites for hydroxylation is 1. The Kier molecular flexibility index (Phi) is 5.54. The Balaban J connectivity index is 1.48. The molecule has 10 heteroatoms. The SMILES string of the molecule is Cc1nnnn1-c1ccc(F)c(NC(=O)CN2CCNCC2c2cccnc2)c1. The highest BCUT2D eigenvalue weighted by Crippen LogP contribution is 2.22. The van der Waals surface area contributed by atoms with E-state index >= 15 is 0 Å². The quantitative estimate of drug-likeness (QED) is 0.666. The van der Waals surface area contributed by atoms with E-state index < -0.39 is 5.82 Å². The molecule has 0 radical (unpaired) electrons. The molecule has 0 aliphatic carbocycles. The monoisotopic (exact) mass is 396 g/mol. The highest BCUT2D eigenvalue weighted by molar-refractivity contribution is 5.92. The third-order valence-electron chi connectivity index (χ3n) is 4.86. The first-order valence-electron chi connectivity index (χ1n) is 9.31. The zero-order valence-corrected chi connectivity index (χ0v) is 15.9. The van der Waals surface area contributed by atoms with Crippen molar-refractivity contribution in [1.82, 2.24) is 35.4 Å². The minimum absolute atomic E-state index is 0.0308. The maximum Gasteiger partial charge on any atom is 0.238 e. The van der Waals surface area contributed by atoms with Crippen molar-refractivity contribution >= 4 is 11.6 Å². The number of anilines is 1. The van der Waals surface area contributed by atoms with Crippen LogP contribution >= 0.6 is 0 Å². The zero-order valence-electron chi connectivity index (χ0n) is 15.9. The Morgan fingerprint density at radius 1 is 1.38 bits per heavy atom. The predicted molar refractivity (Wildman–Crippen MR) is 104 cm³/mol. The number of hydrogen-bond acceptors (Lipinski definition) is 7. The van der Waals surface area contributed by atoms with Gasteiger partial charge < -0.3 is 10.6 Å². The summed E-state index contributed by atoms with van der Waals surface area (Å²) in [4.78, 5) is 18.9. The van der Waals surface area contributed by atoms with Crippen molar-refractivity contribution in [3.63, 3.8) is 0 Å². The van der Waals surface area contributed by atoms with Gasteiger partial charge in [-0.15, -0.1) is 5.10 Å². The molecule has 0 saturated carbocycles. The number of hydrogen-bond donors (Lipinski definition) is 2. The first-order valence-corrected chi connectivity index (χ1v) is 9.31. The predicted octanol–water partition coefficient (Wildman–Crippen LogP) is 1.09. The topological polar surface area (TPSA) is 101 Å². The van der Waals surface area contributed by atoms with Crippen LogP contribution in [0.25, 0.3) is 5.69 Å². The molecule has 0 bridgehead atoms. The third-order valence-corrected chi connectivity index (χ3v) is 4.86. The van der Waals surface area contributed by atoms with E-state index in [1.54, 1.807) is 25.4 Å². The van der Waals surface area contributed by atoms with Gasteiger partial charge in [-0.25, -0.2) is 4.39 Å². The first kappa shape index (κ1) is 19.1. The Bertz CT molecular complexity index is 993. The number of nitrogens with one attached hydrogen (secondary N) is 2. The molecule has 0 spiro atoms. The van der Waals surface area contributed by atoms with Gasteiger partial charge in [-0.05, 0) is 47.2 Å². The second-order valence-corrected chi connectivity index (χ2v) is 6.83. The van der Waals surface area contributed by atoms with Crippen LogP contribution in [0.15, 0.2) is 42.7 Å². The second kappa shape index (κ2) is 8.41. The Morgan fingerprint density at radius 3 is 3.03 bits per heavy atom. The van der Waals surface area contributed by atoms with E-state index in [0.717, 1.165) is 18.7 Å². The van der Waals surface area contributed by atoms with Crippen LogP contribution in [-0.4, -0.2) is 62.2 Å². The van der Waals surface area contributed by atoms with Gasteiger partial charge in [0, 0.05) is 38.1 Å². The molecule has 1 saturated heterocycles. The molecule has 4 rings (SSSR count). The van der Waals surface area contributed by atoms with Gasteiger partial charge in [0.25, 0.3) is 0 Å². The Morgan fingerprint density at radius 2 is 2.28 bits per heavy atom. The van der Waals surface area contributed by atoms with Crippen LogP contribution in [0, 0.1) is 12.7 Å². The largest absolute Gasteiger partial charge is 0.322 e. The van der Waals surface area contributed by atoms with Gasteiger partial charge in [0.2, 0.25) is 5.91 Å². The minimum Gasteiger partial charge on any atom is -0.322 e. The first-order chi connectivity index (χ1) is 14.1. The summed E-state index contributed by atoms with van der Waals surface area (Å²) in [6.45, 7) is 4.10. The summed E-state index contributed by atoms with van der Waals surface area (Å²) >= 11 is 0. The lowest BCUT2D eigenvalue weighted by Gasteiger charge is -2.35. The fourth-order valence-corrected chi connectivity index (χ4v) is 3.42. The molecule has 29 heavy (non-hydrogen) atoms. The summed E-state index contributed by atoms with van der Waals surface area (Å²) in [6.07, 6.45) is 3.53. The van der Waals surface area contributed by atoms with Crippen LogP contribution in [-0.2, 0) is 4.79 Å². The molecule has 3 heterocycles. The number of halogens is 1. The lowest BCUT2D eigenvalue weighted by molar-refractivity contribution is -0.118. The Hall–Kier alpha value is -3.24. The van der Waals surface area contributed by atoms with Gasteiger partial charge in [0.05, 0.1) is 17.9 Å². The lowest BCUT2D eigenvalue weighted by Crippen LogP contribution is -2.48. The maximum absolute atomic E-state index is 14.3. The van der Waals surface area contributed by atoms with Gasteiger partial charge in [0.1, 0.15) is 5.82 Å². The Labute approximate surface area is 166 Å². The number of rotatable bonds is 5. The number of carbonyl (C=O) groups excluding carboxylic acids is 1. The fourth-order valence-electron chi connectivity index (χ4n) is 3.42. The van der Waals surface area contributed by atoms with Crippen molar-refractivity contribution in [2.75, 3.05) is 31.5 Å². The van der Waals surface area contributed by atoms with E-state index in [9.17, 15) is 9.18 Å². The smallest absolute Gasteiger partial charge is 0.238 e. The molecular weight excluding hydrogens is 375 g/mol. The number of piperazine rings is 1. The summed E-state index contributed by atoms with van der Waals surface area (Å²) in [6, 6.07) is 8.27. The number of carbonyl (C=O) groups is 1. The van der Waals surface area contributed by atoms with Gasteiger partial charge in [0.15, 0.2) is 5.82 Å². The standard InChI is InChI=1S/C19H21FN8O/c1-13-24-25-26-28(13)15-4-5-16(20)17(9-15)23-19(29)12-27-8-7-22-11-18(27)14-3-2-6-21-10-14/h2-6,9-10,18,22H,7-8,11-12H2,1H3,(H,23,29). The van der Waals surface area contributed by atoms with Crippen LogP contribution in [0.4, 0.5) is 10.1 Å². The molecular formula is C19H21FN8O. The highest BCUT2D eigenvalue weighted by atomic mass is 19.1. The third kappa shape index (κ3) is 4.28. The molecule has 1 amide bonds. The number of pyridine rings is 1. The summed E-state index contributed by atoms with van der Waals surface area (Å²) < 4.78 is 15.8. The summed E-state index contributed by atoms with van der Waals surface area (Å²) in [5.41, 5.74) is 1.70. The molecule has 1 aromatic carbocycles. The van der Waals surface area contributed by atoms with Gasteiger partial charge >= 0.3 is 0 Å². The van der Waals surface area contributed by atoms with Crippen LogP contribution in [0.1, 0.15) is 17.4 Å². The van der Waals surface area contributed by atoms with Crippen molar-refractivity contribution < 1.29 is 9.18 Å². The molecule has 2 aromatic heterocycles. The van der Waals surface area contributed by atoms with Crippen LogP contribution in [0.2, 0.25) is 0 Å². The van der Waals surface area contributed by atoms with Crippen molar-refractivity contribution in [3.05, 3.63) is 59.9 Å². The number of benzene rings is 1. The normalized spacial score (nSPS) is 17.2. The van der Waals surface area contributed by atoms with E-state index in [1.165, 1.54) is 16.8 Å². The number of amides is 1. The zero-order chi connectivity index (χ0) is 20.2.